The SMILES string of the molecule is C/C=C\C=C(/C)N1CCC(Cc2ccc(CC)nc2)CC1. The van der Waals surface area contributed by atoms with Gasteiger partial charge in [-0.3, -0.25) is 4.98 Å². The molecule has 0 N–H and O–H groups in total. The number of likely N-dealkylation sites (tertiary alicyclic amines) is 1. The number of rotatable bonds is 5. The highest BCUT2D eigenvalue weighted by molar-refractivity contribution is 5.15. The summed E-state index contributed by atoms with van der Waals surface area (Å²) >= 11 is 0. The van der Waals surface area contributed by atoms with Crippen LogP contribution in [0.4, 0.5) is 0 Å². The Kier molecular flexibility index (Phi) is 6.04. The smallest absolute Gasteiger partial charge is 0.0401 e. The summed E-state index contributed by atoms with van der Waals surface area (Å²) in [4.78, 5) is 7.02. The van der Waals surface area contributed by atoms with Gasteiger partial charge >= 0.3 is 0 Å². The predicted octanol–water partition coefficient (Wildman–Crippen LogP) is 4.38. The van der Waals surface area contributed by atoms with Crippen LogP contribution in [-0.4, -0.2) is 23.0 Å². The minimum absolute atomic E-state index is 0.810. The van der Waals surface area contributed by atoms with Gasteiger partial charge in [0.05, 0.1) is 0 Å². The van der Waals surface area contributed by atoms with Crippen LogP contribution in [0.5, 0.6) is 0 Å². The minimum Gasteiger partial charge on any atom is -0.375 e. The van der Waals surface area contributed by atoms with Gasteiger partial charge in [0.15, 0.2) is 0 Å². The minimum atomic E-state index is 0.810. The van der Waals surface area contributed by atoms with Crippen LogP contribution in [0.25, 0.3) is 0 Å². The van der Waals surface area contributed by atoms with E-state index in [4.69, 9.17) is 0 Å². The van der Waals surface area contributed by atoms with Crippen LogP contribution < -0.4 is 0 Å². The summed E-state index contributed by atoms with van der Waals surface area (Å²) in [6, 6.07) is 4.43. The monoisotopic (exact) mass is 284 g/mol. The van der Waals surface area contributed by atoms with E-state index in [0.29, 0.717) is 0 Å². The molecule has 21 heavy (non-hydrogen) atoms. The first-order valence-electron chi connectivity index (χ1n) is 8.21. The van der Waals surface area contributed by atoms with Gasteiger partial charge < -0.3 is 4.90 Å². The van der Waals surface area contributed by atoms with Gasteiger partial charge in [-0.15, -0.1) is 0 Å². The van der Waals surface area contributed by atoms with E-state index in [2.05, 4.69) is 67.2 Å². The fourth-order valence-corrected chi connectivity index (χ4v) is 2.95. The Balaban J connectivity index is 1.83. The van der Waals surface area contributed by atoms with Gasteiger partial charge in [-0.25, -0.2) is 0 Å². The highest BCUT2D eigenvalue weighted by atomic mass is 15.1. The number of allylic oxidation sites excluding steroid dienone is 4. The number of aromatic nitrogens is 1. The Labute approximate surface area is 129 Å². The molecule has 0 amide bonds. The van der Waals surface area contributed by atoms with Gasteiger partial charge in [-0.1, -0.05) is 25.1 Å². The standard InChI is InChI=1S/C19H28N2/c1-4-6-7-16(3)21-12-10-17(11-13-21)14-18-8-9-19(5-2)20-15-18/h4,6-9,15,17H,5,10-14H2,1-3H3/b6-4-,16-7+. The Bertz CT molecular complexity index is 477. The molecule has 0 aromatic carbocycles. The van der Waals surface area contributed by atoms with Crippen LogP contribution >= 0.6 is 0 Å². The highest BCUT2D eigenvalue weighted by Crippen LogP contribution is 2.23. The van der Waals surface area contributed by atoms with Gasteiger partial charge in [-0.2, -0.15) is 0 Å². The second-order valence-electron chi connectivity index (χ2n) is 5.98. The van der Waals surface area contributed by atoms with Crippen molar-refractivity contribution in [3.63, 3.8) is 0 Å². The van der Waals surface area contributed by atoms with E-state index in [1.807, 2.05) is 0 Å². The molecule has 0 unspecified atom stereocenters. The first-order chi connectivity index (χ1) is 10.2. The third-order valence-corrected chi connectivity index (χ3v) is 4.42. The molecule has 2 rings (SSSR count). The topological polar surface area (TPSA) is 16.1 Å². The van der Waals surface area contributed by atoms with Crippen molar-refractivity contribution in [1.82, 2.24) is 9.88 Å². The lowest BCUT2D eigenvalue weighted by molar-refractivity contribution is 0.226. The van der Waals surface area contributed by atoms with Gasteiger partial charge in [0.25, 0.3) is 0 Å². The molecule has 2 nitrogen and oxygen atoms in total. The third kappa shape index (κ3) is 4.73. The normalized spacial score (nSPS) is 17.7. The molecule has 2 heterocycles. The van der Waals surface area contributed by atoms with Crippen molar-refractivity contribution in [2.45, 2.75) is 46.5 Å². The van der Waals surface area contributed by atoms with Crippen molar-refractivity contribution in [3.05, 3.63) is 53.5 Å². The summed E-state index contributed by atoms with van der Waals surface area (Å²) in [5.74, 6) is 0.810. The molecule has 0 aliphatic carbocycles. The quantitative estimate of drug-likeness (QED) is 0.746. The molecule has 114 valence electrons. The van der Waals surface area contributed by atoms with Crippen LogP contribution in [0.2, 0.25) is 0 Å². The Morgan fingerprint density at radius 1 is 1.33 bits per heavy atom. The molecule has 0 bridgehead atoms. The molecule has 1 aromatic rings. The third-order valence-electron chi connectivity index (χ3n) is 4.42. The fraction of sp³-hybridized carbons (Fsp3) is 0.526. The summed E-state index contributed by atoms with van der Waals surface area (Å²) in [5.41, 5.74) is 3.98. The van der Waals surface area contributed by atoms with Crippen molar-refractivity contribution in [2.24, 2.45) is 5.92 Å². The number of hydrogen-bond acceptors (Lipinski definition) is 2. The van der Waals surface area contributed by atoms with Crippen molar-refractivity contribution < 1.29 is 0 Å². The van der Waals surface area contributed by atoms with Crippen LogP contribution in [0.3, 0.4) is 0 Å². The van der Waals surface area contributed by atoms with Crippen LogP contribution in [-0.2, 0) is 12.8 Å². The van der Waals surface area contributed by atoms with E-state index in [-0.39, 0.29) is 0 Å². The maximum Gasteiger partial charge on any atom is 0.0401 e. The zero-order chi connectivity index (χ0) is 15.1. The Morgan fingerprint density at radius 2 is 2.10 bits per heavy atom. The van der Waals surface area contributed by atoms with E-state index >= 15 is 0 Å². The molecule has 2 heteroatoms. The summed E-state index contributed by atoms with van der Waals surface area (Å²) in [6.07, 6.45) is 13.3. The number of aryl methyl sites for hydroxylation is 1. The van der Waals surface area contributed by atoms with Crippen molar-refractivity contribution in [1.29, 1.82) is 0 Å². The lowest BCUT2D eigenvalue weighted by Crippen LogP contribution is -2.33. The summed E-state index contributed by atoms with van der Waals surface area (Å²) in [6.45, 7) is 8.80. The zero-order valence-electron chi connectivity index (χ0n) is 13.7. The average Bonchev–Trinajstić information content (AvgIpc) is 2.54. The molecule has 1 fully saturated rings. The Morgan fingerprint density at radius 3 is 2.67 bits per heavy atom. The summed E-state index contributed by atoms with van der Waals surface area (Å²) < 4.78 is 0. The van der Waals surface area contributed by atoms with Crippen LogP contribution in [0.15, 0.2) is 42.3 Å². The maximum atomic E-state index is 4.51. The number of nitrogens with zero attached hydrogens (tertiary/aromatic N) is 2. The first kappa shape index (κ1) is 15.8. The second-order valence-corrected chi connectivity index (χ2v) is 5.98. The van der Waals surface area contributed by atoms with Crippen molar-refractivity contribution >= 4 is 0 Å². The average molecular weight is 284 g/mol. The Hall–Kier alpha value is -1.57. The molecular weight excluding hydrogens is 256 g/mol. The summed E-state index contributed by atoms with van der Waals surface area (Å²) in [7, 11) is 0. The molecule has 0 radical (unpaired) electrons. The van der Waals surface area contributed by atoms with Crippen molar-refractivity contribution in [3.8, 4) is 0 Å². The predicted molar refractivity (Wildman–Crippen MR) is 90.2 cm³/mol. The number of pyridine rings is 1. The molecule has 0 spiro atoms. The fourth-order valence-electron chi connectivity index (χ4n) is 2.95. The molecule has 1 aliphatic heterocycles. The lowest BCUT2D eigenvalue weighted by Gasteiger charge is -2.34. The molecule has 0 saturated carbocycles. The molecule has 0 atom stereocenters. The van der Waals surface area contributed by atoms with Crippen molar-refractivity contribution in [2.75, 3.05) is 13.1 Å². The first-order valence-corrected chi connectivity index (χ1v) is 8.21. The van der Waals surface area contributed by atoms with Gasteiger partial charge in [0.1, 0.15) is 0 Å². The van der Waals surface area contributed by atoms with Crippen LogP contribution in [0, 0.1) is 5.92 Å². The number of piperidine rings is 1. The van der Waals surface area contributed by atoms with Gasteiger partial charge in [-0.05, 0) is 63.2 Å². The highest BCUT2D eigenvalue weighted by Gasteiger charge is 2.19. The van der Waals surface area contributed by atoms with E-state index < -0.39 is 0 Å². The van der Waals surface area contributed by atoms with E-state index in [0.717, 1.165) is 12.3 Å². The van der Waals surface area contributed by atoms with E-state index in [1.165, 1.54) is 49.3 Å². The lowest BCUT2D eigenvalue weighted by atomic mass is 9.90. The number of hydrogen-bond donors (Lipinski definition) is 0. The van der Waals surface area contributed by atoms with Gasteiger partial charge in [0.2, 0.25) is 0 Å². The van der Waals surface area contributed by atoms with Crippen LogP contribution in [0.1, 0.15) is 44.9 Å². The zero-order valence-corrected chi connectivity index (χ0v) is 13.7. The second kappa shape index (κ2) is 8.02. The molecule has 1 saturated heterocycles. The van der Waals surface area contributed by atoms with E-state index in [1.54, 1.807) is 0 Å². The molecule has 1 aromatic heterocycles. The van der Waals surface area contributed by atoms with E-state index in [9.17, 15) is 0 Å². The van der Waals surface area contributed by atoms with Gasteiger partial charge in [0, 0.05) is 30.7 Å². The molecular formula is C19H28N2. The largest absolute Gasteiger partial charge is 0.375 e. The summed E-state index contributed by atoms with van der Waals surface area (Å²) in [5, 5.41) is 0. The molecule has 1 aliphatic rings. The maximum absolute atomic E-state index is 4.51.